The highest BCUT2D eigenvalue weighted by Crippen LogP contribution is 2.06. The van der Waals surface area contributed by atoms with Crippen molar-refractivity contribution in [3.05, 3.63) is 54.2 Å². The van der Waals surface area contributed by atoms with Crippen LogP contribution in [0.25, 0.3) is 5.65 Å². The maximum absolute atomic E-state index is 10.7. The number of aromatic carboxylic acids is 1. The molecule has 0 aliphatic rings. The average molecular weight is 242 g/mol. The summed E-state index contributed by atoms with van der Waals surface area (Å²) in [4.78, 5) is 15.2. The van der Waals surface area contributed by atoms with Crippen molar-refractivity contribution in [2.24, 2.45) is 0 Å². The normalized spacial score (nSPS) is 10.9. The Balaban J connectivity index is 1.88. The second-order valence-corrected chi connectivity index (χ2v) is 3.93. The summed E-state index contributed by atoms with van der Waals surface area (Å²) in [6, 6.07) is 5.76. The van der Waals surface area contributed by atoms with E-state index in [9.17, 15) is 4.79 Å². The maximum Gasteiger partial charge on any atom is 0.338 e. The molecule has 0 spiro atoms. The van der Waals surface area contributed by atoms with Crippen LogP contribution in [0.15, 0.2) is 43.0 Å². The molecule has 0 unspecified atom stereocenters. The van der Waals surface area contributed by atoms with E-state index in [0.717, 1.165) is 11.3 Å². The van der Waals surface area contributed by atoms with Crippen LogP contribution in [0.5, 0.6) is 0 Å². The molecule has 0 saturated heterocycles. The van der Waals surface area contributed by atoms with Crippen LogP contribution >= 0.6 is 0 Å². The summed E-state index contributed by atoms with van der Waals surface area (Å²) in [5.74, 6) is -0.976. The minimum absolute atomic E-state index is 0.179. The van der Waals surface area contributed by atoms with Gasteiger partial charge < -0.3 is 9.51 Å². The van der Waals surface area contributed by atoms with Crippen molar-refractivity contribution in [1.29, 1.82) is 0 Å². The molecule has 0 aliphatic carbocycles. The van der Waals surface area contributed by atoms with Crippen LogP contribution in [0.2, 0.25) is 0 Å². The van der Waals surface area contributed by atoms with Gasteiger partial charge in [0.2, 0.25) is 0 Å². The number of nitrogens with zero attached hydrogens (tertiary/aromatic N) is 4. The lowest BCUT2D eigenvalue weighted by atomic mass is 10.4. The first-order valence-corrected chi connectivity index (χ1v) is 5.41. The quantitative estimate of drug-likeness (QED) is 0.750. The topological polar surface area (TPSA) is 72.4 Å². The van der Waals surface area contributed by atoms with E-state index in [1.165, 1.54) is 12.4 Å². The van der Waals surface area contributed by atoms with E-state index in [-0.39, 0.29) is 5.56 Å². The fraction of sp³-hybridized carbons (Fsp3) is 0.0833. The zero-order valence-corrected chi connectivity index (χ0v) is 9.39. The number of fused-ring (bicyclic) bond motifs is 1. The van der Waals surface area contributed by atoms with Crippen LogP contribution in [-0.4, -0.2) is 30.2 Å². The molecule has 6 nitrogen and oxygen atoms in total. The van der Waals surface area contributed by atoms with Gasteiger partial charge in [0.05, 0.1) is 24.0 Å². The lowest BCUT2D eigenvalue weighted by Crippen LogP contribution is -2.00. The van der Waals surface area contributed by atoms with Crippen molar-refractivity contribution in [1.82, 2.24) is 19.2 Å². The Hall–Kier alpha value is -2.63. The lowest BCUT2D eigenvalue weighted by molar-refractivity contribution is 0.0697. The molecule has 90 valence electrons. The molecule has 0 amide bonds. The van der Waals surface area contributed by atoms with Gasteiger partial charge in [0, 0.05) is 18.6 Å². The smallest absolute Gasteiger partial charge is 0.338 e. The van der Waals surface area contributed by atoms with E-state index in [1.54, 1.807) is 4.68 Å². The van der Waals surface area contributed by atoms with Gasteiger partial charge in [-0.25, -0.2) is 9.78 Å². The van der Waals surface area contributed by atoms with Gasteiger partial charge in [-0.1, -0.05) is 6.07 Å². The third-order valence-electron chi connectivity index (χ3n) is 2.62. The van der Waals surface area contributed by atoms with Gasteiger partial charge in [-0.2, -0.15) is 5.10 Å². The number of carboxylic acid groups (broad SMARTS) is 1. The summed E-state index contributed by atoms with van der Waals surface area (Å²) in [5.41, 5.74) is 1.87. The Morgan fingerprint density at radius 2 is 2.22 bits per heavy atom. The van der Waals surface area contributed by atoms with Gasteiger partial charge in [0.1, 0.15) is 5.65 Å². The van der Waals surface area contributed by atoms with Crippen LogP contribution in [-0.2, 0) is 6.54 Å². The summed E-state index contributed by atoms with van der Waals surface area (Å²) in [6.07, 6.45) is 6.64. The molecule has 1 N–H and O–H groups in total. The number of hydrogen-bond donors (Lipinski definition) is 1. The zero-order valence-electron chi connectivity index (χ0n) is 9.39. The first kappa shape index (κ1) is 10.5. The number of carbonyl (C=O) groups is 1. The van der Waals surface area contributed by atoms with E-state index < -0.39 is 5.97 Å². The van der Waals surface area contributed by atoms with E-state index in [1.807, 2.05) is 35.0 Å². The second-order valence-electron chi connectivity index (χ2n) is 3.93. The van der Waals surface area contributed by atoms with Gasteiger partial charge in [0.15, 0.2) is 0 Å². The van der Waals surface area contributed by atoms with Crippen molar-refractivity contribution in [2.75, 3.05) is 0 Å². The Labute approximate surface area is 102 Å². The fourth-order valence-corrected chi connectivity index (χ4v) is 1.79. The van der Waals surface area contributed by atoms with Crippen molar-refractivity contribution >= 4 is 11.6 Å². The van der Waals surface area contributed by atoms with Gasteiger partial charge in [0.25, 0.3) is 0 Å². The second kappa shape index (κ2) is 3.99. The van der Waals surface area contributed by atoms with Gasteiger partial charge in [-0.15, -0.1) is 0 Å². The monoisotopic (exact) mass is 242 g/mol. The van der Waals surface area contributed by atoms with Crippen molar-refractivity contribution in [2.45, 2.75) is 6.54 Å². The third kappa shape index (κ3) is 1.84. The molecule has 3 aromatic rings. The number of pyridine rings is 1. The first-order chi connectivity index (χ1) is 8.72. The molecule has 3 heterocycles. The number of aromatic nitrogens is 4. The largest absolute Gasteiger partial charge is 0.478 e. The predicted molar refractivity (Wildman–Crippen MR) is 63.5 cm³/mol. The summed E-state index contributed by atoms with van der Waals surface area (Å²) in [5, 5.41) is 12.8. The number of imidazole rings is 1. The zero-order chi connectivity index (χ0) is 12.5. The van der Waals surface area contributed by atoms with Gasteiger partial charge in [-0.3, -0.25) is 4.68 Å². The average Bonchev–Trinajstić information content (AvgIpc) is 2.94. The van der Waals surface area contributed by atoms with E-state index in [2.05, 4.69) is 10.1 Å². The summed E-state index contributed by atoms with van der Waals surface area (Å²) >= 11 is 0. The molecule has 0 bridgehead atoms. The Bertz CT molecular complexity index is 681. The van der Waals surface area contributed by atoms with E-state index in [4.69, 9.17) is 5.11 Å². The molecule has 0 radical (unpaired) electrons. The van der Waals surface area contributed by atoms with Crippen LogP contribution in [0.3, 0.4) is 0 Å². The molecule has 18 heavy (non-hydrogen) atoms. The van der Waals surface area contributed by atoms with Crippen molar-refractivity contribution in [3.63, 3.8) is 0 Å². The van der Waals surface area contributed by atoms with Crippen LogP contribution in [0, 0.1) is 0 Å². The fourth-order valence-electron chi connectivity index (χ4n) is 1.79. The van der Waals surface area contributed by atoms with Crippen LogP contribution in [0.1, 0.15) is 16.1 Å². The van der Waals surface area contributed by atoms with E-state index >= 15 is 0 Å². The standard InChI is InChI=1S/C12H10N4O2/c17-12(18)9-5-13-16(6-9)8-10-7-15-4-2-1-3-11(15)14-10/h1-7H,8H2,(H,17,18). The molecule has 0 fully saturated rings. The predicted octanol–water partition coefficient (Wildman–Crippen LogP) is 1.28. The highest BCUT2D eigenvalue weighted by Gasteiger charge is 2.07. The number of hydrogen-bond acceptors (Lipinski definition) is 3. The lowest BCUT2D eigenvalue weighted by Gasteiger charge is -1.95. The van der Waals surface area contributed by atoms with Gasteiger partial charge in [-0.05, 0) is 12.1 Å². The highest BCUT2D eigenvalue weighted by molar-refractivity contribution is 5.86. The van der Waals surface area contributed by atoms with Gasteiger partial charge >= 0.3 is 5.97 Å². The summed E-state index contributed by atoms with van der Waals surface area (Å²) in [6.45, 7) is 0.453. The molecular formula is C12H10N4O2. The summed E-state index contributed by atoms with van der Waals surface area (Å²) < 4.78 is 3.47. The number of carboxylic acids is 1. The Kier molecular flexibility index (Phi) is 2.33. The van der Waals surface area contributed by atoms with E-state index in [0.29, 0.717) is 6.54 Å². The van der Waals surface area contributed by atoms with Crippen molar-refractivity contribution in [3.8, 4) is 0 Å². The Morgan fingerprint density at radius 3 is 2.94 bits per heavy atom. The summed E-state index contributed by atoms with van der Waals surface area (Å²) in [7, 11) is 0. The minimum atomic E-state index is -0.976. The molecule has 6 heteroatoms. The molecule has 0 saturated carbocycles. The van der Waals surface area contributed by atoms with Crippen molar-refractivity contribution < 1.29 is 9.90 Å². The number of rotatable bonds is 3. The third-order valence-corrected chi connectivity index (χ3v) is 2.62. The molecule has 3 rings (SSSR count). The van der Waals surface area contributed by atoms with Crippen LogP contribution in [0.4, 0.5) is 0 Å². The maximum atomic E-state index is 10.7. The Morgan fingerprint density at radius 1 is 1.33 bits per heavy atom. The van der Waals surface area contributed by atoms with Crippen LogP contribution < -0.4 is 0 Å². The minimum Gasteiger partial charge on any atom is -0.478 e. The molecule has 0 aromatic carbocycles. The molecular weight excluding hydrogens is 232 g/mol. The first-order valence-electron chi connectivity index (χ1n) is 5.41. The molecule has 0 atom stereocenters. The highest BCUT2D eigenvalue weighted by atomic mass is 16.4. The molecule has 3 aromatic heterocycles. The SMILES string of the molecule is O=C(O)c1cnn(Cc2cn3ccccc3n2)c1. The molecule has 0 aliphatic heterocycles.